The van der Waals surface area contributed by atoms with Gasteiger partial charge in [0.05, 0.1) is 36.9 Å². The molecule has 1 aromatic heterocycles. The van der Waals surface area contributed by atoms with Crippen LogP contribution in [0.15, 0.2) is 82.4 Å². The molecule has 2 heterocycles. The van der Waals surface area contributed by atoms with Gasteiger partial charge in [-0.25, -0.2) is 18.5 Å². The summed E-state index contributed by atoms with van der Waals surface area (Å²) in [5.41, 5.74) is -1.08. The Hall–Kier alpha value is -6.00. The molecule has 5 rings (SSSR count). The molecule has 62 heavy (non-hydrogen) atoms. The van der Waals surface area contributed by atoms with Gasteiger partial charge in [-0.05, 0) is 75.2 Å². The van der Waals surface area contributed by atoms with Crippen LogP contribution in [0.3, 0.4) is 0 Å². The number of amides is 1. The molecule has 338 valence electrons. The van der Waals surface area contributed by atoms with Gasteiger partial charge < -0.3 is 29.1 Å². The van der Waals surface area contributed by atoms with Crippen LogP contribution in [0.2, 0.25) is 0 Å². The van der Waals surface area contributed by atoms with Crippen molar-refractivity contribution in [2.75, 3.05) is 24.7 Å². The van der Waals surface area contributed by atoms with Crippen LogP contribution in [0.25, 0.3) is 5.69 Å². The number of aryl methyl sites for hydroxylation is 1. The molecule has 0 aliphatic carbocycles. The number of anilines is 1. The minimum atomic E-state index is -4.84. The fourth-order valence-electron chi connectivity index (χ4n) is 5.44. The van der Waals surface area contributed by atoms with Crippen molar-refractivity contribution in [3.63, 3.8) is 0 Å². The number of nitrogens with one attached hydrogen (secondary N) is 2. The zero-order valence-electron chi connectivity index (χ0n) is 34.1. The number of ether oxygens (including phenoxy) is 3. The van der Waals surface area contributed by atoms with Gasteiger partial charge in [0.25, 0.3) is 11.5 Å². The number of carboxylic acid groups (broad SMARTS) is 1. The van der Waals surface area contributed by atoms with Gasteiger partial charge in [0.2, 0.25) is 0 Å². The van der Waals surface area contributed by atoms with Crippen LogP contribution in [0.5, 0.6) is 11.5 Å². The summed E-state index contributed by atoms with van der Waals surface area (Å²) >= 11 is 0. The summed E-state index contributed by atoms with van der Waals surface area (Å²) in [5.74, 6) is -1.31. The molecule has 1 aliphatic rings. The first-order valence-electron chi connectivity index (χ1n) is 18.2. The molecule has 5 N–H and O–H groups in total. The fourth-order valence-corrected chi connectivity index (χ4v) is 7.26. The van der Waals surface area contributed by atoms with Gasteiger partial charge >= 0.3 is 41.6 Å². The second kappa shape index (κ2) is 21.2. The summed E-state index contributed by atoms with van der Waals surface area (Å²) < 4.78 is 93.3. The Balaban J connectivity index is 0.000000321. The number of nitrogens with zero attached hydrogens (tertiary/aromatic N) is 3. The molecule has 0 fully saturated rings. The zero-order valence-corrected chi connectivity index (χ0v) is 35.8. The van der Waals surface area contributed by atoms with Gasteiger partial charge in [-0.2, -0.15) is 21.6 Å². The van der Waals surface area contributed by atoms with Gasteiger partial charge in [0.1, 0.15) is 23.8 Å². The van der Waals surface area contributed by atoms with E-state index in [9.17, 15) is 50.1 Å². The minimum absolute atomic E-state index is 0.0779. The number of halogens is 3. The predicted octanol–water partition coefficient (Wildman–Crippen LogP) is 3.64. The third-order valence-electron chi connectivity index (χ3n) is 8.40. The average molecular weight is 916 g/mol. The number of alkyl halides is 3. The Morgan fingerprint density at radius 2 is 1.60 bits per heavy atom. The molecule has 0 radical (unpaired) electrons. The molecule has 1 atom stereocenters. The normalized spacial score (nSPS) is 13.6. The van der Waals surface area contributed by atoms with Crippen LogP contribution in [0, 0.1) is 0 Å². The quantitative estimate of drug-likeness (QED) is 0.0948. The maximum atomic E-state index is 13.1. The fraction of sp³-hybridized carbons (Fsp3) is 0.342. The number of aliphatic carboxylic acids is 1. The van der Waals surface area contributed by atoms with E-state index >= 15 is 0 Å². The highest BCUT2D eigenvalue weighted by atomic mass is 32.2. The maximum Gasteiger partial charge on any atom is 0.431 e. The van der Waals surface area contributed by atoms with Gasteiger partial charge in [0.15, 0.2) is 6.10 Å². The van der Waals surface area contributed by atoms with E-state index in [-0.39, 0.29) is 12.3 Å². The lowest BCUT2D eigenvalue weighted by atomic mass is 10.1. The lowest BCUT2D eigenvalue weighted by Gasteiger charge is -2.31. The molecule has 0 bridgehead atoms. The van der Waals surface area contributed by atoms with E-state index in [1.807, 2.05) is 25.1 Å². The van der Waals surface area contributed by atoms with E-state index in [2.05, 4.69) is 10.0 Å². The summed E-state index contributed by atoms with van der Waals surface area (Å²) in [5, 5.41) is 10.1. The van der Waals surface area contributed by atoms with Crippen LogP contribution in [-0.4, -0.2) is 86.7 Å². The zero-order chi connectivity index (χ0) is 46.7. The number of hydrogen-bond donors (Lipinski definition) is 5. The van der Waals surface area contributed by atoms with E-state index in [1.54, 1.807) is 45.0 Å². The highest BCUT2D eigenvalue weighted by Crippen LogP contribution is 2.32. The molecule has 0 saturated carbocycles. The van der Waals surface area contributed by atoms with Crippen molar-refractivity contribution in [2.45, 2.75) is 59.0 Å². The highest BCUT2D eigenvalue weighted by Gasteiger charge is 2.37. The molecule has 19 nitrogen and oxygen atoms in total. The third-order valence-corrected chi connectivity index (χ3v) is 10.6. The number of carbonyl (C=O) groups is 3. The Bertz CT molecular complexity index is 2520. The number of rotatable bonds is 13. The minimum Gasteiger partial charge on any atom is -0.489 e. The van der Waals surface area contributed by atoms with Crippen molar-refractivity contribution in [3.8, 4) is 17.2 Å². The summed E-state index contributed by atoms with van der Waals surface area (Å²) in [4.78, 5) is 74.6. The number of benzene rings is 3. The molecule has 1 unspecified atom stereocenters. The van der Waals surface area contributed by atoms with E-state index in [4.69, 9.17) is 29.1 Å². The number of fused-ring (bicyclic) bond motifs is 1. The van der Waals surface area contributed by atoms with Crippen molar-refractivity contribution >= 4 is 41.3 Å². The van der Waals surface area contributed by atoms with Crippen LogP contribution >= 0.6 is 7.60 Å². The third kappa shape index (κ3) is 13.8. The Labute approximate surface area is 353 Å². The molecular weight excluding hydrogens is 870 g/mol. The van der Waals surface area contributed by atoms with Crippen LogP contribution < -0.4 is 30.8 Å². The molecule has 1 aliphatic heterocycles. The molecule has 0 saturated heterocycles. The number of esters is 1. The maximum absolute atomic E-state index is 13.1. The van der Waals surface area contributed by atoms with E-state index in [0.29, 0.717) is 43.5 Å². The summed E-state index contributed by atoms with van der Waals surface area (Å²) in [6, 6.07) is 17.8. The molecule has 1 amide bonds. The van der Waals surface area contributed by atoms with Crippen molar-refractivity contribution in [2.24, 2.45) is 7.05 Å². The molecular formula is C38H45F3N5O14PS. The standard InChI is InChI=1S/C25H25F3N2O6.C10H12N2O3S.C3H8NO5P/c1-5-16-6-7-17(20(12-16)36-15(2)23(32)34-4)14-35-19-10-8-18(9-11-19)30-22(31)13-21(25(26,27)28)29(3)24(30)33;1-7(2)12-10(13)8-5-3-4-6-9(8)11-16(12,14)15;5-3(6)1-4-2-10(7,8)9/h6-13,15H,5,14H2,1-4H3;3-7,11H,1-2H3;4H,1-2H2,(H,5,6)(H2,7,8,9). The van der Waals surface area contributed by atoms with Gasteiger partial charge in [-0.1, -0.05) is 31.2 Å². The van der Waals surface area contributed by atoms with Gasteiger partial charge in [0, 0.05) is 24.7 Å². The molecule has 0 spiro atoms. The van der Waals surface area contributed by atoms with E-state index in [1.165, 1.54) is 31.4 Å². The second-order valence-electron chi connectivity index (χ2n) is 13.4. The van der Waals surface area contributed by atoms with Crippen molar-refractivity contribution < 1.29 is 69.6 Å². The number of carbonyl (C=O) groups excluding carboxylic acids is 2. The smallest absolute Gasteiger partial charge is 0.431 e. The SMILES string of the molecule is CC(C)N1C(=O)c2ccccc2NS1(=O)=O.CCc1ccc(COc2ccc(-n3c(=O)cc(C(F)(F)F)n(C)c3=O)cc2)c(OC(C)C(=O)OC)c1.O=C(O)CNCP(=O)(O)O. The number of methoxy groups -OCH3 is 1. The summed E-state index contributed by atoms with van der Waals surface area (Å²) in [7, 11) is -5.63. The molecule has 24 heteroatoms. The van der Waals surface area contributed by atoms with E-state index < -0.39 is 83.7 Å². The number of para-hydroxylation sites is 1. The molecule has 4 aromatic rings. The monoisotopic (exact) mass is 915 g/mol. The average Bonchev–Trinajstić information content (AvgIpc) is 3.17. The Morgan fingerprint density at radius 3 is 2.15 bits per heavy atom. The highest BCUT2D eigenvalue weighted by molar-refractivity contribution is 7.91. The summed E-state index contributed by atoms with van der Waals surface area (Å²) in [6.45, 7) is 6.51. The first-order valence-corrected chi connectivity index (χ1v) is 21.5. The first-order chi connectivity index (χ1) is 28.8. The van der Waals surface area contributed by atoms with Crippen molar-refractivity contribution in [3.05, 3.63) is 116 Å². The Morgan fingerprint density at radius 1 is 0.968 bits per heavy atom. The Kier molecular flexibility index (Phi) is 17.2. The topological polar surface area (TPSA) is 262 Å². The van der Waals surface area contributed by atoms with Gasteiger partial charge in [-0.15, -0.1) is 0 Å². The summed E-state index contributed by atoms with van der Waals surface area (Å²) in [6.07, 6.45) is -5.51. The van der Waals surface area contributed by atoms with Crippen LogP contribution in [0.4, 0.5) is 18.9 Å². The largest absolute Gasteiger partial charge is 0.489 e. The molecule has 3 aromatic carbocycles. The van der Waals surface area contributed by atoms with Gasteiger partial charge in [-0.3, -0.25) is 33.6 Å². The van der Waals surface area contributed by atoms with Crippen LogP contribution in [0.1, 0.15) is 54.9 Å². The van der Waals surface area contributed by atoms with Crippen molar-refractivity contribution in [1.82, 2.24) is 18.8 Å². The first kappa shape index (κ1) is 50.4. The number of aromatic nitrogens is 2. The lowest BCUT2D eigenvalue weighted by Crippen LogP contribution is -2.48. The lowest BCUT2D eigenvalue weighted by molar-refractivity contribution is -0.148. The van der Waals surface area contributed by atoms with Crippen LogP contribution in [-0.2, 0) is 55.4 Å². The van der Waals surface area contributed by atoms with E-state index in [0.717, 1.165) is 23.3 Å². The second-order valence-corrected chi connectivity index (χ2v) is 16.6. The van der Waals surface area contributed by atoms with Crippen molar-refractivity contribution in [1.29, 1.82) is 0 Å². The number of carboxylic acids is 1. The predicted molar refractivity (Wildman–Crippen MR) is 217 cm³/mol. The number of hydrogen-bond acceptors (Lipinski definition) is 12.